The van der Waals surface area contributed by atoms with Gasteiger partial charge in [-0.1, -0.05) is 27.7 Å². The molecule has 0 saturated heterocycles. The fourth-order valence-corrected chi connectivity index (χ4v) is 2.89. The van der Waals surface area contributed by atoms with E-state index in [1.54, 1.807) is 27.7 Å². The molecule has 0 aromatic heterocycles. The molecule has 0 aliphatic heterocycles. The summed E-state index contributed by atoms with van der Waals surface area (Å²) in [6.45, 7) is 7.18. The number of primary amides is 1. The molecule has 0 radical (unpaired) electrons. The van der Waals surface area contributed by atoms with Gasteiger partial charge in [-0.2, -0.15) is 0 Å². The van der Waals surface area contributed by atoms with Crippen molar-refractivity contribution >= 4 is 29.6 Å². The third-order valence-electron chi connectivity index (χ3n) is 4.81. The van der Waals surface area contributed by atoms with Crippen LogP contribution < -0.4 is 33.2 Å². The van der Waals surface area contributed by atoms with E-state index in [0.29, 0.717) is 19.4 Å². The average molecular weight is 459 g/mol. The Bertz CT molecular complexity index is 669. The van der Waals surface area contributed by atoms with E-state index in [4.69, 9.17) is 17.2 Å². The van der Waals surface area contributed by atoms with Crippen LogP contribution in [-0.4, -0.2) is 65.4 Å². The molecule has 0 aromatic carbocycles. The van der Waals surface area contributed by atoms with Gasteiger partial charge in [0.2, 0.25) is 23.6 Å². The number of nitrogens with two attached hydrogens (primary N) is 3. The maximum atomic E-state index is 12.8. The molecule has 32 heavy (non-hydrogen) atoms. The van der Waals surface area contributed by atoms with Crippen LogP contribution in [0.1, 0.15) is 53.4 Å². The maximum absolute atomic E-state index is 12.8. The highest BCUT2D eigenvalue weighted by Gasteiger charge is 2.33. The Hall–Kier alpha value is -2.73. The van der Waals surface area contributed by atoms with Crippen molar-refractivity contribution in [1.82, 2.24) is 16.0 Å². The van der Waals surface area contributed by atoms with Gasteiger partial charge in [0.15, 0.2) is 0 Å². The Morgan fingerprint density at radius 1 is 0.812 bits per heavy atom. The van der Waals surface area contributed by atoms with E-state index in [1.165, 1.54) is 0 Å². The molecule has 12 heteroatoms. The fraction of sp³-hybridized carbons (Fsp3) is 0.750. The average Bonchev–Trinajstić information content (AvgIpc) is 2.67. The molecule has 0 heterocycles. The number of amides is 4. The largest absolute Gasteiger partial charge is 0.480 e. The minimum absolute atomic E-state index is 0.208. The number of carbonyl (C=O) groups is 5. The minimum atomic E-state index is -1.21. The van der Waals surface area contributed by atoms with Crippen molar-refractivity contribution in [2.24, 2.45) is 29.0 Å². The molecular weight excluding hydrogens is 420 g/mol. The predicted molar refractivity (Wildman–Crippen MR) is 118 cm³/mol. The first-order valence-corrected chi connectivity index (χ1v) is 10.7. The summed E-state index contributed by atoms with van der Waals surface area (Å²) < 4.78 is 0. The number of carboxylic acids is 1. The monoisotopic (exact) mass is 458 g/mol. The lowest BCUT2D eigenvalue weighted by atomic mass is 9.98. The Kier molecular flexibility index (Phi) is 13.1. The lowest BCUT2D eigenvalue weighted by molar-refractivity contribution is -0.143. The Morgan fingerprint density at radius 2 is 1.28 bits per heavy atom. The second kappa shape index (κ2) is 14.4. The van der Waals surface area contributed by atoms with Gasteiger partial charge in [-0.3, -0.25) is 19.2 Å². The van der Waals surface area contributed by atoms with E-state index in [0.717, 1.165) is 0 Å². The van der Waals surface area contributed by atoms with Crippen LogP contribution in [-0.2, 0) is 24.0 Å². The molecule has 184 valence electrons. The number of unbranched alkanes of at least 4 members (excludes halogenated alkanes) is 1. The topological polar surface area (TPSA) is 220 Å². The van der Waals surface area contributed by atoms with Crippen LogP contribution in [0.2, 0.25) is 0 Å². The van der Waals surface area contributed by atoms with E-state index < -0.39 is 53.8 Å². The molecule has 12 nitrogen and oxygen atoms in total. The third-order valence-corrected chi connectivity index (χ3v) is 4.81. The number of carbonyl (C=O) groups excluding carboxylic acids is 4. The van der Waals surface area contributed by atoms with Crippen molar-refractivity contribution in [2.45, 2.75) is 77.5 Å². The normalized spacial score (nSPS) is 14.9. The number of rotatable bonds is 15. The Morgan fingerprint density at radius 3 is 1.69 bits per heavy atom. The second-order valence-corrected chi connectivity index (χ2v) is 8.42. The van der Waals surface area contributed by atoms with Crippen molar-refractivity contribution in [3.63, 3.8) is 0 Å². The number of hydrogen-bond acceptors (Lipinski definition) is 7. The maximum Gasteiger partial charge on any atom is 0.326 e. The standard InChI is InChI=1S/C20H38N6O6/c1-10(2)15(18(29)24-13(20(31)32)7-5-6-8-21)26-19(30)16(11(3)4)25-17(28)12(22)9-14(23)27/h10-13,15-16H,5-9,21-22H2,1-4H3,(H2,23,27)(H,24,29)(H,25,28)(H,26,30)(H,31,32). The molecule has 4 amide bonds. The highest BCUT2D eigenvalue weighted by Crippen LogP contribution is 2.09. The summed E-state index contributed by atoms with van der Waals surface area (Å²) in [5.41, 5.74) is 16.1. The van der Waals surface area contributed by atoms with Gasteiger partial charge in [0.25, 0.3) is 0 Å². The van der Waals surface area contributed by atoms with Gasteiger partial charge in [-0.15, -0.1) is 0 Å². The van der Waals surface area contributed by atoms with Crippen LogP contribution >= 0.6 is 0 Å². The van der Waals surface area contributed by atoms with Crippen molar-refractivity contribution in [1.29, 1.82) is 0 Å². The lowest BCUT2D eigenvalue weighted by Gasteiger charge is -2.28. The highest BCUT2D eigenvalue weighted by molar-refractivity contribution is 5.95. The van der Waals surface area contributed by atoms with Gasteiger partial charge in [0, 0.05) is 0 Å². The molecule has 0 rings (SSSR count). The molecule has 0 bridgehead atoms. The first-order valence-electron chi connectivity index (χ1n) is 10.7. The van der Waals surface area contributed by atoms with Crippen LogP contribution in [0.3, 0.4) is 0 Å². The van der Waals surface area contributed by atoms with Crippen molar-refractivity contribution in [3.8, 4) is 0 Å². The van der Waals surface area contributed by atoms with Crippen LogP contribution in [0.15, 0.2) is 0 Å². The predicted octanol–water partition coefficient (Wildman–Crippen LogP) is -1.83. The Labute approximate surface area is 188 Å². The van der Waals surface area contributed by atoms with Crippen LogP contribution in [0.25, 0.3) is 0 Å². The van der Waals surface area contributed by atoms with Gasteiger partial charge in [-0.05, 0) is 37.6 Å². The molecule has 4 atom stereocenters. The molecule has 0 aliphatic rings. The molecule has 4 unspecified atom stereocenters. The van der Waals surface area contributed by atoms with Crippen molar-refractivity contribution < 1.29 is 29.1 Å². The highest BCUT2D eigenvalue weighted by atomic mass is 16.4. The first-order chi connectivity index (χ1) is 14.8. The van der Waals surface area contributed by atoms with Gasteiger partial charge < -0.3 is 38.3 Å². The zero-order chi connectivity index (χ0) is 25.0. The number of carboxylic acid groups (broad SMARTS) is 1. The summed E-state index contributed by atoms with van der Waals surface area (Å²) in [5, 5.41) is 16.9. The lowest BCUT2D eigenvalue weighted by Crippen LogP contribution is -2.59. The first kappa shape index (κ1) is 29.3. The van der Waals surface area contributed by atoms with Crippen molar-refractivity contribution in [2.75, 3.05) is 6.54 Å². The molecule has 0 aliphatic carbocycles. The third kappa shape index (κ3) is 10.5. The molecule has 0 spiro atoms. The van der Waals surface area contributed by atoms with E-state index in [9.17, 15) is 29.1 Å². The molecule has 10 N–H and O–H groups in total. The minimum Gasteiger partial charge on any atom is -0.480 e. The number of aliphatic carboxylic acids is 1. The number of nitrogens with one attached hydrogen (secondary N) is 3. The van der Waals surface area contributed by atoms with E-state index in [2.05, 4.69) is 16.0 Å². The van der Waals surface area contributed by atoms with Gasteiger partial charge in [0.1, 0.15) is 18.1 Å². The van der Waals surface area contributed by atoms with E-state index in [1.807, 2.05) is 0 Å². The van der Waals surface area contributed by atoms with Gasteiger partial charge in [-0.25, -0.2) is 4.79 Å². The SMILES string of the molecule is CC(C)C(NC(=O)C(N)CC(N)=O)C(=O)NC(C(=O)NC(CCCCN)C(=O)O)C(C)C. The Balaban J connectivity index is 5.30. The summed E-state index contributed by atoms with van der Waals surface area (Å²) in [6, 6.07) is -4.39. The summed E-state index contributed by atoms with van der Waals surface area (Å²) in [4.78, 5) is 60.3. The van der Waals surface area contributed by atoms with Gasteiger partial charge >= 0.3 is 5.97 Å². The zero-order valence-electron chi connectivity index (χ0n) is 19.2. The van der Waals surface area contributed by atoms with Gasteiger partial charge in [0.05, 0.1) is 12.5 Å². The number of hydrogen-bond donors (Lipinski definition) is 7. The summed E-state index contributed by atoms with van der Waals surface area (Å²) in [6.07, 6.45) is 0.979. The molecule has 0 saturated carbocycles. The second-order valence-electron chi connectivity index (χ2n) is 8.42. The molecule has 0 aromatic rings. The molecular formula is C20H38N6O6. The van der Waals surface area contributed by atoms with Crippen LogP contribution in [0, 0.1) is 11.8 Å². The quantitative estimate of drug-likeness (QED) is 0.138. The van der Waals surface area contributed by atoms with Crippen molar-refractivity contribution in [3.05, 3.63) is 0 Å². The van der Waals surface area contributed by atoms with Crippen LogP contribution in [0.4, 0.5) is 0 Å². The summed E-state index contributed by atoms with van der Waals surface area (Å²) in [5.74, 6) is -4.67. The van der Waals surface area contributed by atoms with Crippen LogP contribution in [0.5, 0.6) is 0 Å². The smallest absolute Gasteiger partial charge is 0.326 e. The fourth-order valence-electron chi connectivity index (χ4n) is 2.89. The van der Waals surface area contributed by atoms with E-state index >= 15 is 0 Å². The molecule has 0 fully saturated rings. The van der Waals surface area contributed by atoms with E-state index in [-0.39, 0.29) is 24.7 Å². The summed E-state index contributed by atoms with van der Waals surface area (Å²) in [7, 11) is 0. The summed E-state index contributed by atoms with van der Waals surface area (Å²) >= 11 is 0. The zero-order valence-corrected chi connectivity index (χ0v) is 19.2.